The van der Waals surface area contributed by atoms with Crippen LogP contribution < -0.4 is 20.1 Å². The van der Waals surface area contributed by atoms with E-state index >= 15 is 0 Å². The molecule has 2 N–H and O–H groups in total. The molecular weight excluding hydrogens is 340 g/mol. The summed E-state index contributed by atoms with van der Waals surface area (Å²) in [6.07, 6.45) is 0. The van der Waals surface area contributed by atoms with Gasteiger partial charge in [-0.15, -0.1) is 0 Å². The lowest BCUT2D eigenvalue weighted by atomic mass is 10.2. The summed E-state index contributed by atoms with van der Waals surface area (Å²) in [7, 11) is 0. The van der Waals surface area contributed by atoms with E-state index in [4.69, 9.17) is 9.47 Å². The van der Waals surface area contributed by atoms with Crippen LogP contribution in [0.4, 0.5) is 10.5 Å². The Bertz CT molecular complexity index is 864. The third-order valence-electron chi connectivity index (χ3n) is 3.78. The lowest BCUT2D eigenvalue weighted by molar-refractivity contribution is 0.247. The van der Waals surface area contributed by atoms with Crippen LogP contribution in [0.25, 0.3) is 0 Å². The van der Waals surface area contributed by atoms with Crippen molar-refractivity contribution >= 4 is 11.7 Å². The van der Waals surface area contributed by atoms with E-state index in [2.05, 4.69) is 10.6 Å². The van der Waals surface area contributed by atoms with Crippen LogP contribution >= 0.6 is 0 Å². The van der Waals surface area contributed by atoms with Crippen molar-refractivity contribution in [2.45, 2.75) is 6.92 Å². The highest BCUT2D eigenvalue weighted by atomic mass is 16.5. The molecule has 0 aliphatic heterocycles. The highest BCUT2D eigenvalue weighted by Crippen LogP contribution is 2.28. The molecule has 0 atom stereocenters. The smallest absolute Gasteiger partial charge is 0.319 e. The second kappa shape index (κ2) is 9.29. The van der Waals surface area contributed by atoms with Gasteiger partial charge in [0.05, 0.1) is 12.2 Å². The van der Waals surface area contributed by atoms with Crippen LogP contribution in [0.2, 0.25) is 0 Å². The Labute approximate surface area is 158 Å². The van der Waals surface area contributed by atoms with Gasteiger partial charge in [0.2, 0.25) is 0 Å². The monoisotopic (exact) mass is 362 g/mol. The number of hydrogen-bond acceptors (Lipinski definition) is 3. The fourth-order valence-electron chi connectivity index (χ4n) is 2.41. The van der Waals surface area contributed by atoms with Crippen molar-refractivity contribution in [3.63, 3.8) is 0 Å². The first kappa shape index (κ1) is 18.3. The van der Waals surface area contributed by atoms with Crippen molar-refractivity contribution in [3.05, 3.63) is 84.4 Å². The zero-order valence-corrected chi connectivity index (χ0v) is 15.1. The molecule has 0 saturated carbocycles. The zero-order chi connectivity index (χ0) is 18.9. The number of carbonyl (C=O) groups is 1. The first-order valence-corrected chi connectivity index (χ1v) is 8.77. The van der Waals surface area contributed by atoms with Crippen LogP contribution in [0.15, 0.2) is 78.9 Å². The number of benzene rings is 3. The summed E-state index contributed by atoms with van der Waals surface area (Å²) >= 11 is 0. The minimum Gasteiger partial charge on any atom is -0.492 e. The number of anilines is 1. The maximum Gasteiger partial charge on any atom is 0.319 e. The molecule has 3 aromatic carbocycles. The van der Waals surface area contributed by atoms with Gasteiger partial charge in [0.1, 0.15) is 18.1 Å². The Morgan fingerprint density at radius 3 is 2.33 bits per heavy atom. The highest BCUT2D eigenvalue weighted by molar-refractivity contribution is 5.90. The summed E-state index contributed by atoms with van der Waals surface area (Å²) in [6.45, 7) is 2.80. The molecule has 0 aromatic heterocycles. The molecule has 0 aliphatic carbocycles. The van der Waals surface area contributed by atoms with Crippen LogP contribution in [-0.4, -0.2) is 19.2 Å². The Hall–Kier alpha value is -3.47. The molecule has 5 heteroatoms. The number of hydrogen-bond donors (Lipinski definition) is 2. The largest absolute Gasteiger partial charge is 0.492 e. The average molecular weight is 362 g/mol. The molecule has 3 rings (SSSR count). The van der Waals surface area contributed by atoms with E-state index in [1.165, 1.54) is 5.56 Å². The van der Waals surface area contributed by atoms with E-state index in [9.17, 15) is 4.79 Å². The van der Waals surface area contributed by atoms with Gasteiger partial charge in [0, 0.05) is 0 Å². The molecule has 138 valence electrons. The maximum absolute atomic E-state index is 12.1. The summed E-state index contributed by atoms with van der Waals surface area (Å²) in [5.41, 5.74) is 1.77. The summed E-state index contributed by atoms with van der Waals surface area (Å²) in [6, 6.07) is 24.2. The van der Waals surface area contributed by atoms with E-state index in [0.717, 1.165) is 5.75 Å². The Morgan fingerprint density at radius 1 is 0.852 bits per heavy atom. The Morgan fingerprint density at radius 2 is 1.56 bits per heavy atom. The molecular formula is C22H22N2O3. The summed E-state index contributed by atoms with van der Waals surface area (Å²) in [5, 5.41) is 5.58. The SMILES string of the molecule is Cc1ccc(OCCNC(=O)Nc2ccccc2Oc2ccccc2)cc1. The van der Waals surface area contributed by atoms with Gasteiger partial charge in [-0.3, -0.25) is 0 Å². The fourth-order valence-corrected chi connectivity index (χ4v) is 2.41. The minimum atomic E-state index is -0.313. The Kier molecular flexibility index (Phi) is 6.30. The van der Waals surface area contributed by atoms with Gasteiger partial charge >= 0.3 is 6.03 Å². The van der Waals surface area contributed by atoms with Gasteiger partial charge in [-0.1, -0.05) is 48.0 Å². The molecule has 27 heavy (non-hydrogen) atoms. The third-order valence-corrected chi connectivity index (χ3v) is 3.78. The van der Waals surface area contributed by atoms with Crippen LogP contribution in [-0.2, 0) is 0 Å². The maximum atomic E-state index is 12.1. The van der Waals surface area contributed by atoms with Crippen molar-refractivity contribution in [2.75, 3.05) is 18.5 Å². The minimum absolute atomic E-state index is 0.313. The average Bonchev–Trinajstić information content (AvgIpc) is 2.69. The Balaban J connectivity index is 1.48. The van der Waals surface area contributed by atoms with Gasteiger partial charge in [0.15, 0.2) is 5.75 Å². The molecule has 5 nitrogen and oxygen atoms in total. The number of carbonyl (C=O) groups excluding carboxylic acids is 1. The normalized spacial score (nSPS) is 10.1. The summed E-state index contributed by atoms with van der Waals surface area (Å²) < 4.78 is 11.4. The third kappa shape index (κ3) is 5.78. The van der Waals surface area contributed by atoms with Gasteiger partial charge in [-0.05, 0) is 43.3 Å². The van der Waals surface area contributed by atoms with Crippen LogP contribution in [0.1, 0.15) is 5.56 Å². The van der Waals surface area contributed by atoms with Crippen molar-refractivity contribution in [3.8, 4) is 17.2 Å². The molecule has 0 unspecified atom stereocenters. The van der Waals surface area contributed by atoms with Crippen molar-refractivity contribution in [1.82, 2.24) is 5.32 Å². The van der Waals surface area contributed by atoms with Gasteiger partial charge in [-0.25, -0.2) is 4.79 Å². The zero-order valence-electron chi connectivity index (χ0n) is 15.1. The second-order valence-electron chi connectivity index (χ2n) is 5.95. The van der Waals surface area contributed by atoms with Gasteiger partial charge < -0.3 is 20.1 Å². The lowest BCUT2D eigenvalue weighted by Crippen LogP contribution is -2.32. The number of ether oxygens (including phenoxy) is 2. The number of rotatable bonds is 7. The van der Waals surface area contributed by atoms with Crippen LogP contribution in [0.5, 0.6) is 17.2 Å². The number of nitrogens with one attached hydrogen (secondary N) is 2. The molecule has 0 radical (unpaired) electrons. The number of para-hydroxylation sites is 3. The predicted octanol–water partition coefficient (Wildman–Crippen LogP) is 4.99. The lowest BCUT2D eigenvalue weighted by Gasteiger charge is -2.13. The molecule has 2 amide bonds. The first-order chi connectivity index (χ1) is 13.2. The topological polar surface area (TPSA) is 59.6 Å². The second-order valence-corrected chi connectivity index (χ2v) is 5.95. The fraction of sp³-hybridized carbons (Fsp3) is 0.136. The van der Waals surface area contributed by atoms with E-state index in [-0.39, 0.29) is 6.03 Å². The summed E-state index contributed by atoms with van der Waals surface area (Å²) in [4.78, 5) is 12.1. The quantitative estimate of drug-likeness (QED) is 0.582. The van der Waals surface area contributed by atoms with E-state index in [0.29, 0.717) is 30.3 Å². The van der Waals surface area contributed by atoms with E-state index in [1.807, 2.05) is 79.7 Å². The van der Waals surface area contributed by atoms with Crippen molar-refractivity contribution < 1.29 is 14.3 Å². The van der Waals surface area contributed by atoms with Crippen molar-refractivity contribution in [1.29, 1.82) is 0 Å². The molecule has 0 saturated heterocycles. The van der Waals surface area contributed by atoms with Crippen molar-refractivity contribution in [2.24, 2.45) is 0 Å². The molecule has 0 heterocycles. The standard InChI is InChI=1S/C22H22N2O3/c1-17-11-13-18(14-12-17)26-16-15-23-22(25)24-20-9-5-6-10-21(20)27-19-7-3-2-4-8-19/h2-14H,15-16H2,1H3,(H2,23,24,25). The highest BCUT2D eigenvalue weighted by Gasteiger charge is 2.08. The van der Waals surface area contributed by atoms with Gasteiger partial charge in [0.25, 0.3) is 0 Å². The molecule has 0 fully saturated rings. The number of amides is 2. The molecule has 0 spiro atoms. The number of aryl methyl sites for hydroxylation is 1. The molecule has 0 aliphatic rings. The van der Waals surface area contributed by atoms with E-state index in [1.54, 1.807) is 6.07 Å². The predicted molar refractivity (Wildman–Crippen MR) is 107 cm³/mol. The van der Waals surface area contributed by atoms with Crippen LogP contribution in [0, 0.1) is 6.92 Å². The van der Waals surface area contributed by atoms with E-state index < -0.39 is 0 Å². The molecule has 3 aromatic rings. The number of urea groups is 1. The molecule has 0 bridgehead atoms. The first-order valence-electron chi connectivity index (χ1n) is 8.77. The van der Waals surface area contributed by atoms with Crippen LogP contribution in [0.3, 0.4) is 0 Å². The summed E-state index contributed by atoms with van der Waals surface area (Å²) in [5.74, 6) is 2.07. The van der Waals surface area contributed by atoms with Gasteiger partial charge in [-0.2, -0.15) is 0 Å².